The Morgan fingerprint density at radius 1 is 1.50 bits per heavy atom. The van der Waals surface area contributed by atoms with Gasteiger partial charge in [-0.3, -0.25) is 0 Å². The van der Waals surface area contributed by atoms with Gasteiger partial charge in [-0.2, -0.15) is 0 Å². The second-order valence-electron chi connectivity index (χ2n) is 2.17. The Balaban J connectivity index is 2.93. The zero-order valence-electron chi connectivity index (χ0n) is 7.04. The lowest BCUT2D eigenvalue weighted by molar-refractivity contribution is 0.173. The van der Waals surface area contributed by atoms with Gasteiger partial charge in [0.05, 0.1) is 7.45 Å². The third-order valence-corrected chi connectivity index (χ3v) is 1.44. The van der Waals surface area contributed by atoms with Crippen LogP contribution in [0.4, 0.5) is 0 Å². The third-order valence-electron chi connectivity index (χ3n) is 1.44. The van der Waals surface area contributed by atoms with Crippen LogP contribution in [0.2, 0.25) is 0 Å². The van der Waals surface area contributed by atoms with Gasteiger partial charge >= 0.3 is 0 Å². The maximum absolute atomic E-state index is 9.46. The number of aliphatic hydroxyl groups is 1. The smallest absolute Gasteiger partial charge is 0.0787 e. The Morgan fingerprint density at radius 2 is 2.10 bits per heavy atom. The van der Waals surface area contributed by atoms with E-state index < -0.39 is 6.08 Å². The van der Waals surface area contributed by atoms with E-state index in [0.29, 0.717) is 12.0 Å². The van der Waals surface area contributed by atoms with Crippen LogP contribution in [0.25, 0.3) is 0 Å². The van der Waals surface area contributed by atoms with Gasteiger partial charge in [-0.25, -0.2) is 0 Å². The molecule has 0 amide bonds. The van der Waals surface area contributed by atoms with Gasteiger partial charge in [0, 0.05) is 0 Å². The fraction of sp³-hybridized carbons (Fsp3) is 0.333. The van der Waals surface area contributed by atoms with Gasteiger partial charge in [0.2, 0.25) is 0 Å². The van der Waals surface area contributed by atoms with E-state index in [-0.39, 0.29) is 0 Å². The molecule has 1 heteroatoms. The molecule has 10 heavy (non-hydrogen) atoms. The Labute approximate surface area is 62.7 Å². The molecule has 0 saturated carbocycles. The molecular weight excluding hydrogens is 124 g/mol. The third kappa shape index (κ3) is 1.58. The lowest BCUT2D eigenvalue weighted by atomic mass is 10.1. The largest absolute Gasteiger partial charge is 0.388 e. The predicted molar refractivity (Wildman–Crippen MR) is 41.7 cm³/mol. The van der Waals surface area contributed by atoms with Crippen LogP contribution < -0.4 is 0 Å². The van der Waals surface area contributed by atoms with Crippen LogP contribution in [0, 0.1) is 0 Å². The van der Waals surface area contributed by atoms with Crippen molar-refractivity contribution >= 4 is 0 Å². The van der Waals surface area contributed by atoms with Crippen molar-refractivity contribution in [3.05, 3.63) is 35.9 Å². The average Bonchev–Trinajstić information content (AvgIpc) is 2.06. The van der Waals surface area contributed by atoms with Crippen molar-refractivity contribution in [2.45, 2.75) is 19.4 Å². The zero-order chi connectivity index (χ0) is 8.32. The van der Waals surface area contributed by atoms with E-state index in [9.17, 15) is 5.11 Å². The number of hydrogen-bond acceptors (Lipinski definition) is 1. The minimum atomic E-state index is -1.42. The van der Waals surface area contributed by atoms with E-state index in [0.717, 1.165) is 0 Å². The second kappa shape index (κ2) is 3.37. The van der Waals surface area contributed by atoms with E-state index >= 15 is 0 Å². The SMILES string of the molecule is [2H][C@](O)(CC)c1ccccc1. The van der Waals surface area contributed by atoms with Gasteiger partial charge in [0.25, 0.3) is 0 Å². The highest BCUT2D eigenvalue weighted by molar-refractivity contribution is 5.16. The summed E-state index contributed by atoms with van der Waals surface area (Å²) in [5.74, 6) is 0. The van der Waals surface area contributed by atoms with Crippen LogP contribution in [0.15, 0.2) is 30.3 Å². The first-order valence-electron chi connectivity index (χ1n) is 3.94. The fourth-order valence-corrected chi connectivity index (χ4v) is 0.835. The highest BCUT2D eigenvalue weighted by Crippen LogP contribution is 2.14. The first-order chi connectivity index (χ1) is 5.17. The summed E-state index contributed by atoms with van der Waals surface area (Å²) in [7, 11) is 0. The zero-order valence-corrected chi connectivity index (χ0v) is 6.04. The molecule has 0 spiro atoms. The minimum Gasteiger partial charge on any atom is -0.388 e. The number of benzene rings is 1. The molecule has 0 radical (unpaired) electrons. The molecule has 1 aromatic rings. The lowest BCUT2D eigenvalue weighted by Gasteiger charge is -2.05. The molecular formula is C9H12O. The first-order valence-corrected chi connectivity index (χ1v) is 3.44. The Morgan fingerprint density at radius 3 is 2.60 bits per heavy atom. The van der Waals surface area contributed by atoms with Crippen molar-refractivity contribution in [3.63, 3.8) is 0 Å². The molecule has 1 N–H and O–H groups in total. The highest BCUT2D eigenvalue weighted by Gasteiger charge is 2.00. The summed E-state index contributed by atoms with van der Waals surface area (Å²) in [6, 6.07) is 9.04. The van der Waals surface area contributed by atoms with Crippen LogP contribution in [0.1, 0.15) is 26.4 Å². The van der Waals surface area contributed by atoms with Crippen LogP contribution in [-0.2, 0) is 0 Å². The second-order valence-corrected chi connectivity index (χ2v) is 2.17. The average molecular weight is 137 g/mol. The van der Waals surface area contributed by atoms with Crippen molar-refractivity contribution in [2.24, 2.45) is 0 Å². The maximum atomic E-state index is 9.46. The molecule has 0 aliphatic heterocycles. The number of hydrogen-bond donors (Lipinski definition) is 1. The Kier molecular flexibility index (Phi) is 2.00. The van der Waals surface area contributed by atoms with E-state index in [1.165, 1.54) is 0 Å². The van der Waals surface area contributed by atoms with E-state index in [1.54, 1.807) is 19.1 Å². The summed E-state index contributed by atoms with van der Waals surface area (Å²) < 4.78 is 7.47. The molecule has 0 aliphatic rings. The van der Waals surface area contributed by atoms with Gasteiger partial charge in [-0.15, -0.1) is 0 Å². The Hall–Kier alpha value is -0.820. The molecule has 0 saturated heterocycles. The summed E-state index contributed by atoms with van der Waals surface area (Å²) >= 11 is 0. The van der Waals surface area contributed by atoms with Crippen molar-refractivity contribution in [2.75, 3.05) is 0 Å². The van der Waals surface area contributed by atoms with Gasteiger partial charge in [-0.1, -0.05) is 37.3 Å². The quantitative estimate of drug-likeness (QED) is 0.662. The molecule has 0 unspecified atom stereocenters. The molecule has 1 atom stereocenters. The maximum Gasteiger partial charge on any atom is 0.0787 e. The molecule has 0 heterocycles. The van der Waals surface area contributed by atoms with Gasteiger partial charge in [0.15, 0.2) is 0 Å². The summed E-state index contributed by atoms with van der Waals surface area (Å²) in [4.78, 5) is 0. The summed E-state index contributed by atoms with van der Waals surface area (Å²) in [6.45, 7) is 1.79. The highest BCUT2D eigenvalue weighted by atomic mass is 16.3. The van der Waals surface area contributed by atoms with E-state index in [4.69, 9.17) is 1.37 Å². The summed E-state index contributed by atoms with van der Waals surface area (Å²) in [5.41, 5.74) is 0.655. The van der Waals surface area contributed by atoms with Crippen LogP contribution in [0.5, 0.6) is 0 Å². The molecule has 0 aromatic heterocycles. The lowest BCUT2D eigenvalue weighted by Crippen LogP contribution is -1.93. The Bertz CT molecular complexity index is 218. The van der Waals surface area contributed by atoms with E-state index in [1.807, 2.05) is 18.2 Å². The van der Waals surface area contributed by atoms with Gasteiger partial charge < -0.3 is 5.11 Å². The fourth-order valence-electron chi connectivity index (χ4n) is 0.835. The van der Waals surface area contributed by atoms with Crippen LogP contribution in [-0.4, -0.2) is 5.11 Å². The molecule has 1 aromatic carbocycles. The topological polar surface area (TPSA) is 20.2 Å². The summed E-state index contributed by atoms with van der Waals surface area (Å²) in [6.07, 6.45) is -1.00. The molecule has 54 valence electrons. The molecule has 1 rings (SSSR count). The standard InChI is InChI=1S/C9H12O/c1-2-9(10)8-6-4-3-5-7-8/h3-7,9-10H,2H2,1H3/t9-/m0/s1/i9D. The first kappa shape index (κ1) is 5.93. The monoisotopic (exact) mass is 137 g/mol. The van der Waals surface area contributed by atoms with Crippen molar-refractivity contribution < 1.29 is 6.48 Å². The normalized spacial score (nSPS) is 17.6. The van der Waals surface area contributed by atoms with Crippen molar-refractivity contribution in [1.29, 1.82) is 0 Å². The van der Waals surface area contributed by atoms with Crippen LogP contribution >= 0.6 is 0 Å². The molecule has 0 fully saturated rings. The van der Waals surface area contributed by atoms with Gasteiger partial charge in [0.1, 0.15) is 0 Å². The van der Waals surface area contributed by atoms with Crippen LogP contribution in [0.3, 0.4) is 0 Å². The summed E-state index contributed by atoms with van der Waals surface area (Å²) in [5, 5.41) is 9.46. The molecule has 1 nitrogen and oxygen atoms in total. The van der Waals surface area contributed by atoms with Crippen molar-refractivity contribution in [3.8, 4) is 0 Å². The van der Waals surface area contributed by atoms with Gasteiger partial charge in [-0.05, 0) is 12.0 Å². The molecule has 0 bridgehead atoms. The molecule has 0 aliphatic carbocycles. The number of rotatable bonds is 2. The minimum absolute atomic E-state index is 0.414. The van der Waals surface area contributed by atoms with Crippen molar-refractivity contribution in [1.82, 2.24) is 0 Å². The predicted octanol–water partition coefficient (Wildman–Crippen LogP) is 2.13. The van der Waals surface area contributed by atoms with E-state index in [2.05, 4.69) is 0 Å².